The number of carbonyl (C=O) groups is 2. The molecule has 0 radical (unpaired) electrons. The van der Waals surface area contributed by atoms with Crippen LogP contribution in [0.1, 0.15) is 33.6 Å². The van der Waals surface area contributed by atoms with E-state index in [1.165, 1.54) is 0 Å². The second-order valence-electron chi connectivity index (χ2n) is 6.99. The second kappa shape index (κ2) is 10.0. The molecule has 0 unspecified atom stereocenters. The van der Waals surface area contributed by atoms with Crippen molar-refractivity contribution < 1.29 is 19.1 Å². The number of rotatable bonds is 8. The minimum atomic E-state index is -0.141. The zero-order valence-electron chi connectivity index (χ0n) is 16.0. The van der Waals surface area contributed by atoms with Crippen LogP contribution in [0.3, 0.4) is 0 Å². The van der Waals surface area contributed by atoms with Crippen molar-refractivity contribution in [1.82, 2.24) is 4.90 Å². The first-order chi connectivity index (χ1) is 12.5. The van der Waals surface area contributed by atoms with Gasteiger partial charge in [0.25, 0.3) is 0 Å². The number of nitrogens with zero attached hydrogens (tertiary/aromatic N) is 1. The van der Waals surface area contributed by atoms with Gasteiger partial charge in [0.1, 0.15) is 5.75 Å². The Bertz CT molecular complexity index is 578. The van der Waals surface area contributed by atoms with Crippen molar-refractivity contribution >= 4 is 17.6 Å². The Labute approximate surface area is 155 Å². The molecule has 1 N–H and O–H groups in total. The molecule has 1 aliphatic heterocycles. The first-order valence-corrected chi connectivity index (χ1v) is 9.40. The summed E-state index contributed by atoms with van der Waals surface area (Å²) < 4.78 is 10.7. The first kappa shape index (κ1) is 20.1. The third-order valence-electron chi connectivity index (χ3n) is 4.35. The van der Waals surface area contributed by atoms with E-state index in [1.54, 1.807) is 0 Å². The Hall–Kier alpha value is -2.24. The SMILES string of the molecule is CCOC(=O)C1CCN(C(=O)CNc2ccc(OCC(C)C)cc2)CC1. The summed E-state index contributed by atoms with van der Waals surface area (Å²) in [5.74, 6) is 1.14. The van der Waals surface area contributed by atoms with Crippen LogP contribution in [0.2, 0.25) is 0 Å². The molecule has 1 aromatic rings. The van der Waals surface area contributed by atoms with Crippen molar-refractivity contribution in [3.05, 3.63) is 24.3 Å². The number of piperidine rings is 1. The Morgan fingerprint density at radius 3 is 2.42 bits per heavy atom. The Morgan fingerprint density at radius 1 is 1.19 bits per heavy atom. The first-order valence-electron chi connectivity index (χ1n) is 9.40. The summed E-state index contributed by atoms with van der Waals surface area (Å²) in [6.07, 6.45) is 1.35. The van der Waals surface area contributed by atoms with E-state index in [0.717, 1.165) is 11.4 Å². The van der Waals surface area contributed by atoms with Gasteiger partial charge in [0.15, 0.2) is 0 Å². The van der Waals surface area contributed by atoms with Crippen LogP contribution in [-0.2, 0) is 14.3 Å². The lowest BCUT2D eigenvalue weighted by Crippen LogP contribution is -2.43. The minimum Gasteiger partial charge on any atom is -0.493 e. The third-order valence-corrected chi connectivity index (χ3v) is 4.35. The predicted octanol–water partition coefficient (Wildman–Crippen LogP) is 2.94. The number of amides is 1. The largest absolute Gasteiger partial charge is 0.493 e. The van der Waals surface area contributed by atoms with Crippen molar-refractivity contribution in [2.45, 2.75) is 33.6 Å². The fourth-order valence-corrected chi connectivity index (χ4v) is 2.85. The Kier molecular flexibility index (Phi) is 7.75. The van der Waals surface area contributed by atoms with Crippen LogP contribution in [0.5, 0.6) is 5.75 Å². The number of esters is 1. The molecule has 0 aromatic heterocycles. The van der Waals surface area contributed by atoms with Gasteiger partial charge in [-0.05, 0) is 49.9 Å². The lowest BCUT2D eigenvalue weighted by molar-refractivity contribution is -0.151. The van der Waals surface area contributed by atoms with Gasteiger partial charge in [-0.3, -0.25) is 9.59 Å². The highest BCUT2D eigenvalue weighted by atomic mass is 16.5. The lowest BCUT2D eigenvalue weighted by atomic mass is 9.97. The summed E-state index contributed by atoms with van der Waals surface area (Å²) >= 11 is 0. The van der Waals surface area contributed by atoms with Crippen molar-refractivity contribution in [1.29, 1.82) is 0 Å². The van der Waals surface area contributed by atoms with Crippen molar-refractivity contribution in [2.75, 3.05) is 38.2 Å². The van der Waals surface area contributed by atoms with E-state index in [1.807, 2.05) is 36.1 Å². The topological polar surface area (TPSA) is 67.9 Å². The zero-order chi connectivity index (χ0) is 18.9. The maximum Gasteiger partial charge on any atom is 0.309 e. The third kappa shape index (κ3) is 6.24. The molecular formula is C20H30N2O4. The van der Waals surface area contributed by atoms with Crippen LogP contribution in [0, 0.1) is 11.8 Å². The second-order valence-corrected chi connectivity index (χ2v) is 6.99. The molecule has 2 rings (SSSR count). The average Bonchev–Trinajstić information content (AvgIpc) is 2.65. The molecule has 1 amide bonds. The number of hydrogen-bond donors (Lipinski definition) is 1. The van der Waals surface area contributed by atoms with Crippen molar-refractivity contribution in [3.63, 3.8) is 0 Å². The maximum atomic E-state index is 12.3. The minimum absolute atomic E-state index is 0.0486. The van der Waals surface area contributed by atoms with Crippen molar-refractivity contribution in [2.24, 2.45) is 11.8 Å². The van der Waals surface area contributed by atoms with Crippen LogP contribution in [-0.4, -0.2) is 49.6 Å². The lowest BCUT2D eigenvalue weighted by Gasteiger charge is -2.31. The molecule has 0 saturated carbocycles. The highest BCUT2D eigenvalue weighted by Crippen LogP contribution is 2.19. The van der Waals surface area contributed by atoms with Crippen LogP contribution >= 0.6 is 0 Å². The van der Waals surface area contributed by atoms with Crippen molar-refractivity contribution in [3.8, 4) is 5.75 Å². The molecule has 0 atom stereocenters. The van der Waals surface area contributed by atoms with E-state index in [4.69, 9.17) is 9.47 Å². The van der Waals surface area contributed by atoms with Crippen LogP contribution in [0.25, 0.3) is 0 Å². The van der Waals surface area contributed by atoms with Gasteiger partial charge < -0.3 is 19.7 Å². The number of benzene rings is 1. The zero-order valence-corrected chi connectivity index (χ0v) is 16.0. The Morgan fingerprint density at radius 2 is 1.85 bits per heavy atom. The molecule has 26 heavy (non-hydrogen) atoms. The van der Waals surface area contributed by atoms with E-state index in [0.29, 0.717) is 45.1 Å². The van der Waals surface area contributed by atoms with E-state index < -0.39 is 0 Å². The highest BCUT2D eigenvalue weighted by Gasteiger charge is 2.27. The number of nitrogens with one attached hydrogen (secondary N) is 1. The number of hydrogen-bond acceptors (Lipinski definition) is 5. The van der Waals surface area contributed by atoms with Gasteiger partial charge >= 0.3 is 5.97 Å². The summed E-state index contributed by atoms with van der Waals surface area (Å²) in [4.78, 5) is 25.9. The summed E-state index contributed by atoms with van der Waals surface area (Å²) in [6, 6.07) is 7.63. The fourth-order valence-electron chi connectivity index (χ4n) is 2.85. The van der Waals surface area contributed by atoms with Gasteiger partial charge in [0, 0.05) is 18.8 Å². The summed E-state index contributed by atoms with van der Waals surface area (Å²) in [7, 11) is 0. The van der Waals surface area contributed by atoms with Gasteiger partial charge in [-0.1, -0.05) is 13.8 Å². The molecule has 6 heteroatoms. The standard InChI is InChI=1S/C20H30N2O4/c1-4-25-20(24)16-9-11-22(12-10-16)19(23)13-21-17-5-7-18(8-6-17)26-14-15(2)3/h5-8,15-16,21H,4,9-14H2,1-3H3. The number of ether oxygens (including phenoxy) is 2. The molecule has 1 heterocycles. The fraction of sp³-hybridized carbons (Fsp3) is 0.600. The summed E-state index contributed by atoms with van der Waals surface area (Å²) in [5.41, 5.74) is 0.886. The molecule has 0 aliphatic carbocycles. The number of anilines is 1. The molecule has 1 aliphatic rings. The van der Waals surface area contributed by atoms with E-state index in [2.05, 4.69) is 19.2 Å². The van der Waals surface area contributed by atoms with E-state index in [9.17, 15) is 9.59 Å². The average molecular weight is 362 g/mol. The summed E-state index contributed by atoms with van der Waals surface area (Å²) in [5, 5.41) is 3.15. The molecule has 144 valence electrons. The van der Waals surface area contributed by atoms with Crippen LogP contribution in [0.4, 0.5) is 5.69 Å². The van der Waals surface area contributed by atoms with Gasteiger partial charge in [0.2, 0.25) is 5.91 Å². The quantitative estimate of drug-likeness (QED) is 0.720. The van der Waals surface area contributed by atoms with Crippen LogP contribution in [0.15, 0.2) is 24.3 Å². The molecule has 6 nitrogen and oxygen atoms in total. The van der Waals surface area contributed by atoms with E-state index in [-0.39, 0.29) is 24.3 Å². The van der Waals surface area contributed by atoms with Gasteiger partial charge in [-0.25, -0.2) is 0 Å². The monoisotopic (exact) mass is 362 g/mol. The molecular weight excluding hydrogens is 332 g/mol. The normalized spacial score (nSPS) is 15.0. The number of carbonyl (C=O) groups excluding carboxylic acids is 2. The molecule has 0 spiro atoms. The van der Waals surface area contributed by atoms with Gasteiger partial charge in [0.05, 0.1) is 25.7 Å². The predicted molar refractivity (Wildman–Crippen MR) is 101 cm³/mol. The highest BCUT2D eigenvalue weighted by molar-refractivity contribution is 5.81. The summed E-state index contributed by atoms with van der Waals surface area (Å²) in [6.45, 7) is 8.57. The van der Waals surface area contributed by atoms with E-state index >= 15 is 0 Å². The molecule has 1 saturated heterocycles. The molecule has 0 bridgehead atoms. The molecule has 1 aromatic carbocycles. The molecule has 1 fully saturated rings. The number of likely N-dealkylation sites (tertiary alicyclic amines) is 1. The maximum absolute atomic E-state index is 12.3. The van der Waals surface area contributed by atoms with Gasteiger partial charge in [-0.15, -0.1) is 0 Å². The van der Waals surface area contributed by atoms with Gasteiger partial charge in [-0.2, -0.15) is 0 Å². The smallest absolute Gasteiger partial charge is 0.309 e. The van der Waals surface area contributed by atoms with Crippen LogP contribution < -0.4 is 10.1 Å². The Balaban J connectivity index is 1.73.